The van der Waals surface area contributed by atoms with Gasteiger partial charge in [0.1, 0.15) is 0 Å². The zero-order valence-corrected chi connectivity index (χ0v) is 10.4. The molecule has 1 heterocycles. The Bertz CT molecular complexity index is 277. The fraction of sp³-hybridized carbons (Fsp3) is 0.667. The SMILES string of the molecule is OCC1(C2C=CC(Br)=CC2)CCOCC1. The lowest BCUT2D eigenvalue weighted by molar-refractivity contribution is -0.0389. The van der Waals surface area contributed by atoms with Crippen LogP contribution in [0.1, 0.15) is 19.3 Å². The van der Waals surface area contributed by atoms with Crippen LogP contribution in [0.3, 0.4) is 0 Å². The minimum Gasteiger partial charge on any atom is -0.396 e. The molecule has 0 aromatic rings. The van der Waals surface area contributed by atoms with Crippen molar-refractivity contribution in [3.63, 3.8) is 0 Å². The van der Waals surface area contributed by atoms with Gasteiger partial charge in [-0.25, -0.2) is 0 Å². The maximum absolute atomic E-state index is 9.64. The molecule has 3 heteroatoms. The highest BCUT2D eigenvalue weighted by molar-refractivity contribution is 9.11. The van der Waals surface area contributed by atoms with Crippen molar-refractivity contribution in [2.24, 2.45) is 11.3 Å². The van der Waals surface area contributed by atoms with Crippen LogP contribution in [0.4, 0.5) is 0 Å². The Morgan fingerprint density at radius 3 is 2.73 bits per heavy atom. The molecule has 1 N–H and O–H groups in total. The molecule has 1 aliphatic carbocycles. The summed E-state index contributed by atoms with van der Waals surface area (Å²) in [6, 6.07) is 0. The Kier molecular flexibility index (Phi) is 3.65. The largest absolute Gasteiger partial charge is 0.396 e. The second-order valence-corrected chi connectivity index (χ2v) is 5.34. The van der Waals surface area contributed by atoms with Crippen molar-refractivity contribution in [1.29, 1.82) is 0 Å². The van der Waals surface area contributed by atoms with E-state index in [1.54, 1.807) is 0 Å². The zero-order valence-electron chi connectivity index (χ0n) is 8.79. The summed E-state index contributed by atoms with van der Waals surface area (Å²) in [5, 5.41) is 9.64. The molecule has 0 aromatic carbocycles. The van der Waals surface area contributed by atoms with E-state index in [1.807, 2.05) is 0 Å². The van der Waals surface area contributed by atoms with Crippen molar-refractivity contribution >= 4 is 15.9 Å². The average Bonchev–Trinajstić information content (AvgIpc) is 2.31. The van der Waals surface area contributed by atoms with Crippen molar-refractivity contribution in [3.05, 3.63) is 22.7 Å². The fourth-order valence-electron chi connectivity index (χ4n) is 2.47. The highest BCUT2D eigenvalue weighted by atomic mass is 79.9. The summed E-state index contributed by atoms with van der Waals surface area (Å²) in [5.41, 5.74) is 0.0545. The molecule has 84 valence electrons. The van der Waals surface area contributed by atoms with Gasteiger partial charge in [-0.1, -0.05) is 34.2 Å². The minimum absolute atomic E-state index is 0.0545. The van der Waals surface area contributed by atoms with Gasteiger partial charge >= 0.3 is 0 Å². The van der Waals surface area contributed by atoms with Gasteiger partial charge in [0.15, 0.2) is 0 Å². The van der Waals surface area contributed by atoms with Gasteiger partial charge in [0.05, 0.1) is 0 Å². The first-order chi connectivity index (χ1) is 7.27. The smallest absolute Gasteiger partial charge is 0.0494 e. The Hall–Kier alpha value is -0.120. The summed E-state index contributed by atoms with van der Waals surface area (Å²) >= 11 is 3.47. The third-order valence-corrected chi connectivity index (χ3v) is 4.23. The van der Waals surface area contributed by atoms with Gasteiger partial charge < -0.3 is 9.84 Å². The Balaban J connectivity index is 2.09. The van der Waals surface area contributed by atoms with Crippen LogP contribution in [0.2, 0.25) is 0 Å². The van der Waals surface area contributed by atoms with E-state index >= 15 is 0 Å². The van der Waals surface area contributed by atoms with Gasteiger partial charge in [-0.3, -0.25) is 0 Å². The summed E-state index contributed by atoms with van der Waals surface area (Å²) in [5.74, 6) is 0.465. The van der Waals surface area contributed by atoms with Crippen molar-refractivity contribution in [3.8, 4) is 0 Å². The monoisotopic (exact) mass is 272 g/mol. The molecule has 0 spiro atoms. The lowest BCUT2D eigenvalue weighted by Gasteiger charge is -2.41. The van der Waals surface area contributed by atoms with Crippen LogP contribution in [0.25, 0.3) is 0 Å². The molecule has 2 aliphatic rings. The lowest BCUT2D eigenvalue weighted by atomic mass is 9.68. The molecule has 0 aromatic heterocycles. The van der Waals surface area contributed by atoms with E-state index in [4.69, 9.17) is 4.74 Å². The Morgan fingerprint density at radius 2 is 2.20 bits per heavy atom. The minimum atomic E-state index is 0.0545. The van der Waals surface area contributed by atoms with Crippen molar-refractivity contribution in [1.82, 2.24) is 0 Å². The molecular formula is C12H17BrO2. The number of hydrogen-bond acceptors (Lipinski definition) is 2. The fourth-order valence-corrected chi connectivity index (χ4v) is 2.81. The summed E-state index contributed by atoms with van der Waals surface area (Å²) in [6.07, 6.45) is 9.50. The number of halogens is 1. The molecule has 0 radical (unpaired) electrons. The van der Waals surface area contributed by atoms with Gasteiger partial charge in [0, 0.05) is 29.7 Å². The number of ether oxygens (including phenoxy) is 1. The van der Waals surface area contributed by atoms with Crippen LogP contribution >= 0.6 is 15.9 Å². The number of aliphatic hydroxyl groups excluding tert-OH is 1. The molecule has 0 saturated carbocycles. The first-order valence-corrected chi connectivity index (χ1v) is 6.29. The van der Waals surface area contributed by atoms with Crippen LogP contribution in [0.5, 0.6) is 0 Å². The topological polar surface area (TPSA) is 29.5 Å². The van der Waals surface area contributed by atoms with E-state index in [-0.39, 0.29) is 12.0 Å². The summed E-state index contributed by atoms with van der Waals surface area (Å²) < 4.78 is 6.53. The zero-order chi connectivity index (χ0) is 10.7. The lowest BCUT2D eigenvalue weighted by Crippen LogP contribution is -2.39. The highest BCUT2D eigenvalue weighted by Crippen LogP contribution is 2.42. The number of allylic oxidation sites excluding steroid dienone is 4. The van der Waals surface area contributed by atoms with E-state index < -0.39 is 0 Å². The Labute approximate surface area is 99.1 Å². The van der Waals surface area contributed by atoms with Crippen LogP contribution in [0.15, 0.2) is 22.7 Å². The summed E-state index contributed by atoms with van der Waals surface area (Å²) in [7, 11) is 0. The third-order valence-electron chi connectivity index (χ3n) is 3.64. The van der Waals surface area contributed by atoms with Gasteiger partial charge in [-0.05, 0) is 25.2 Å². The molecule has 0 amide bonds. The molecule has 15 heavy (non-hydrogen) atoms. The second-order valence-electron chi connectivity index (χ2n) is 4.42. The number of hydrogen-bond donors (Lipinski definition) is 1. The second kappa shape index (κ2) is 4.81. The molecule has 2 nitrogen and oxygen atoms in total. The van der Waals surface area contributed by atoms with Crippen molar-refractivity contribution < 1.29 is 9.84 Å². The molecular weight excluding hydrogens is 256 g/mol. The maximum atomic E-state index is 9.64. The molecule has 1 aliphatic heterocycles. The number of rotatable bonds is 2. The molecule has 1 fully saturated rings. The standard InChI is InChI=1S/C12H17BrO2/c13-11-3-1-10(2-4-11)12(9-14)5-7-15-8-6-12/h1,3-4,10,14H,2,5-9H2. The molecule has 1 atom stereocenters. The van der Waals surface area contributed by atoms with E-state index in [0.29, 0.717) is 5.92 Å². The predicted octanol–water partition coefficient (Wildman–Crippen LogP) is 2.63. The number of aliphatic hydroxyl groups is 1. The Morgan fingerprint density at radius 1 is 1.47 bits per heavy atom. The van der Waals surface area contributed by atoms with Crippen molar-refractivity contribution in [2.75, 3.05) is 19.8 Å². The van der Waals surface area contributed by atoms with Crippen LogP contribution in [0, 0.1) is 11.3 Å². The highest BCUT2D eigenvalue weighted by Gasteiger charge is 2.38. The van der Waals surface area contributed by atoms with E-state index in [1.165, 1.54) is 0 Å². The van der Waals surface area contributed by atoms with Gasteiger partial charge in [-0.15, -0.1) is 0 Å². The first kappa shape index (κ1) is 11.4. The van der Waals surface area contributed by atoms with Crippen molar-refractivity contribution in [2.45, 2.75) is 19.3 Å². The van der Waals surface area contributed by atoms with Crippen LogP contribution in [-0.4, -0.2) is 24.9 Å². The third kappa shape index (κ3) is 2.35. The summed E-state index contributed by atoms with van der Waals surface area (Å²) in [6.45, 7) is 1.85. The molecule has 1 saturated heterocycles. The van der Waals surface area contributed by atoms with Gasteiger partial charge in [0.2, 0.25) is 0 Å². The van der Waals surface area contributed by atoms with Crippen LogP contribution in [-0.2, 0) is 4.74 Å². The summed E-state index contributed by atoms with van der Waals surface area (Å²) in [4.78, 5) is 0. The quantitative estimate of drug-likeness (QED) is 0.838. The normalized spacial score (nSPS) is 30.0. The predicted molar refractivity (Wildman–Crippen MR) is 63.8 cm³/mol. The molecule has 2 rings (SSSR count). The van der Waals surface area contributed by atoms with E-state index in [0.717, 1.165) is 37.0 Å². The van der Waals surface area contributed by atoms with Gasteiger partial charge in [-0.2, -0.15) is 0 Å². The average molecular weight is 273 g/mol. The first-order valence-electron chi connectivity index (χ1n) is 5.49. The van der Waals surface area contributed by atoms with E-state index in [9.17, 15) is 5.11 Å². The van der Waals surface area contributed by atoms with Crippen LogP contribution < -0.4 is 0 Å². The van der Waals surface area contributed by atoms with Gasteiger partial charge in [0.25, 0.3) is 0 Å². The maximum Gasteiger partial charge on any atom is 0.0494 e. The molecule has 0 bridgehead atoms. The molecule has 1 unspecified atom stereocenters. The van der Waals surface area contributed by atoms with E-state index in [2.05, 4.69) is 34.2 Å².